The third-order valence-electron chi connectivity index (χ3n) is 6.12. The fourth-order valence-electron chi connectivity index (χ4n) is 4.15. The average molecular weight is 450 g/mol. The molecule has 6 heteroatoms. The van der Waals surface area contributed by atoms with E-state index in [9.17, 15) is 8.42 Å². The second-order valence-electron chi connectivity index (χ2n) is 9.02. The summed E-state index contributed by atoms with van der Waals surface area (Å²) in [5.41, 5.74) is 0. The summed E-state index contributed by atoms with van der Waals surface area (Å²) >= 11 is 0. The molecule has 5 nitrogen and oxygen atoms in total. The van der Waals surface area contributed by atoms with Crippen molar-refractivity contribution in [3.8, 4) is 0 Å². The van der Waals surface area contributed by atoms with Crippen LogP contribution in [-0.4, -0.2) is 55.0 Å². The highest BCUT2D eigenvalue weighted by Gasteiger charge is 2.15. The van der Waals surface area contributed by atoms with Crippen LogP contribution in [0.3, 0.4) is 0 Å². The summed E-state index contributed by atoms with van der Waals surface area (Å²) in [6.07, 6.45) is 22.1. The van der Waals surface area contributed by atoms with Crippen molar-refractivity contribution in [1.82, 2.24) is 4.90 Å². The Morgan fingerprint density at radius 2 is 1.13 bits per heavy atom. The third kappa shape index (κ3) is 21.1. The first-order valence-corrected chi connectivity index (χ1v) is 14.3. The highest BCUT2D eigenvalue weighted by molar-refractivity contribution is 7.85. The minimum atomic E-state index is -3.87. The van der Waals surface area contributed by atoms with Crippen molar-refractivity contribution >= 4 is 10.1 Å². The molecule has 0 bridgehead atoms. The lowest BCUT2D eigenvalue weighted by molar-refractivity contribution is 0.203. The first kappa shape index (κ1) is 29.8. The largest absolute Gasteiger partial charge is 0.396 e. The number of nitrogens with zero attached hydrogens (tertiary/aromatic N) is 1. The fourth-order valence-corrected chi connectivity index (χ4v) is 4.65. The molecule has 0 aliphatic rings. The molecule has 0 aromatic rings. The number of aliphatic hydroxyl groups is 1. The SMILES string of the molecule is CCCCCCCCCCCCCCCC(CCCCO)N(C)CCCS(=O)(=O)O. The molecule has 0 fully saturated rings. The minimum absolute atomic E-state index is 0.167. The lowest BCUT2D eigenvalue weighted by Gasteiger charge is -2.28. The molecule has 0 radical (unpaired) electrons. The number of hydrogen-bond donors (Lipinski definition) is 2. The summed E-state index contributed by atoms with van der Waals surface area (Å²) in [6, 6.07) is 0.436. The van der Waals surface area contributed by atoms with Crippen LogP contribution in [0.5, 0.6) is 0 Å². The van der Waals surface area contributed by atoms with E-state index >= 15 is 0 Å². The molecule has 0 aliphatic heterocycles. The minimum Gasteiger partial charge on any atom is -0.396 e. The molecule has 1 atom stereocenters. The van der Waals surface area contributed by atoms with Crippen LogP contribution < -0.4 is 0 Å². The Labute approximate surface area is 187 Å². The van der Waals surface area contributed by atoms with E-state index in [0.717, 1.165) is 25.7 Å². The van der Waals surface area contributed by atoms with Gasteiger partial charge in [0.05, 0.1) is 5.75 Å². The van der Waals surface area contributed by atoms with E-state index in [0.29, 0.717) is 19.0 Å². The van der Waals surface area contributed by atoms with E-state index in [1.165, 1.54) is 83.5 Å². The van der Waals surface area contributed by atoms with Crippen LogP contribution in [0, 0.1) is 0 Å². The summed E-state index contributed by atoms with van der Waals surface area (Å²) in [5, 5.41) is 9.04. The fraction of sp³-hybridized carbons (Fsp3) is 1.00. The summed E-state index contributed by atoms with van der Waals surface area (Å²) in [6.45, 7) is 3.18. The molecular weight excluding hydrogens is 398 g/mol. The summed E-state index contributed by atoms with van der Waals surface area (Å²) in [4.78, 5) is 2.24. The predicted octanol–water partition coefficient (Wildman–Crippen LogP) is 6.21. The molecule has 0 aliphatic carbocycles. The van der Waals surface area contributed by atoms with Crippen LogP contribution in [0.2, 0.25) is 0 Å². The van der Waals surface area contributed by atoms with Gasteiger partial charge in [0.15, 0.2) is 0 Å². The number of hydrogen-bond acceptors (Lipinski definition) is 4. The Morgan fingerprint density at radius 1 is 0.700 bits per heavy atom. The molecule has 0 aromatic heterocycles. The molecule has 2 N–H and O–H groups in total. The zero-order valence-corrected chi connectivity index (χ0v) is 20.8. The van der Waals surface area contributed by atoms with Crippen molar-refractivity contribution in [2.45, 2.75) is 129 Å². The normalized spacial score (nSPS) is 13.2. The zero-order chi connectivity index (χ0) is 22.5. The molecular formula is C24H51NO4S. The van der Waals surface area contributed by atoms with Crippen molar-refractivity contribution in [1.29, 1.82) is 0 Å². The van der Waals surface area contributed by atoms with E-state index in [4.69, 9.17) is 9.66 Å². The molecule has 30 heavy (non-hydrogen) atoms. The van der Waals surface area contributed by atoms with Gasteiger partial charge in [-0.2, -0.15) is 8.42 Å². The summed E-state index contributed by atoms with van der Waals surface area (Å²) < 4.78 is 30.7. The third-order valence-corrected chi connectivity index (χ3v) is 6.93. The van der Waals surface area contributed by atoms with Gasteiger partial charge in [-0.05, 0) is 45.7 Å². The maximum absolute atomic E-state index is 10.9. The monoisotopic (exact) mass is 449 g/mol. The van der Waals surface area contributed by atoms with Crippen molar-refractivity contribution < 1.29 is 18.1 Å². The van der Waals surface area contributed by atoms with Crippen molar-refractivity contribution in [3.63, 3.8) is 0 Å². The molecule has 0 aromatic carbocycles. The van der Waals surface area contributed by atoms with Crippen molar-refractivity contribution in [3.05, 3.63) is 0 Å². The number of aliphatic hydroxyl groups excluding tert-OH is 1. The van der Waals surface area contributed by atoms with Crippen molar-refractivity contribution in [2.24, 2.45) is 0 Å². The molecule has 0 spiro atoms. The molecule has 1 unspecified atom stereocenters. The standard InChI is InChI=1S/C24H51NO4S/c1-3-4-5-6-7-8-9-10-11-12-13-14-15-19-24(20-16-17-22-26)25(2)21-18-23-30(27,28)29/h24,26H,3-23H2,1-2H3,(H,27,28,29). The maximum Gasteiger partial charge on any atom is 0.264 e. The van der Waals surface area contributed by atoms with Gasteiger partial charge in [-0.1, -0.05) is 90.4 Å². The van der Waals surface area contributed by atoms with Crippen LogP contribution in [0.25, 0.3) is 0 Å². The van der Waals surface area contributed by atoms with E-state index in [-0.39, 0.29) is 12.4 Å². The van der Waals surface area contributed by atoms with E-state index < -0.39 is 10.1 Å². The van der Waals surface area contributed by atoms with Gasteiger partial charge in [0.25, 0.3) is 10.1 Å². The number of rotatable bonds is 23. The number of unbranched alkanes of at least 4 members (excludes halogenated alkanes) is 13. The smallest absolute Gasteiger partial charge is 0.264 e. The predicted molar refractivity (Wildman–Crippen MR) is 129 cm³/mol. The Balaban J connectivity index is 3.80. The Morgan fingerprint density at radius 3 is 1.57 bits per heavy atom. The van der Waals surface area contributed by atoms with Gasteiger partial charge in [0, 0.05) is 12.6 Å². The van der Waals surface area contributed by atoms with Crippen LogP contribution in [-0.2, 0) is 10.1 Å². The van der Waals surface area contributed by atoms with Gasteiger partial charge in [0.1, 0.15) is 0 Å². The average Bonchev–Trinajstić information content (AvgIpc) is 2.69. The lowest BCUT2D eigenvalue weighted by atomic mass is 9.99. The highest BCUT2D eigenvalue weighted by Crippen LogP contribution is 2.17. The quantitative estimate of drug-likeness (QED) is 0.143. The van der Waals surface area contributed by atoms with Crippen LogP contribution in [0.15, 0.2) is 0 Å². The molecule has 0 rings (SSSR count). The van der Waals surface area contributed by atoms with E-state index in [2.05, 4.69) is 18.9 Å². The van der Waals surface area contributed by atoms with E-state index in [1.807, 2.05) is 0 Å². The first-order valence-electron chi connectivity index (χ1n) is 12.7. The zero-order valence-electron chi connectivity index (χ0n) is 20.0. The van der Waals surface area contributed by atoms with Crippen molar-refractivity contribution in [2.75, 3.05) is 26.0 Å². The van der Waals surface area contributed by atoms with Gasteiger partial charge in [-0.3, -0.25) is 4.55 Å². The Kier molecular flexibility index (Phi) is 20.6. The first-order chi connectivity index (χ1) is 14.4. The maximum atomic E-state index is 10.9. The van der Waals surface area contributed by atoms with Gasteiger partial charge in [-0.25, -0.2) is 0 Å². The molecule has 182 valence electrons. The summed E-state index contributed by atoms with van der Waals surface area (Å²) in [7, 11) is -1.82. The van der Waals surface area contributed by atoms with Gasteiger partial charge in [0.2, 0.25) is 0 Å². The Bertz CT molecular complexity index is 456. The molecule has 0 heterocycles. The van der Waals surface area contributed by atoms with Gasteiger partial charge >= 0.3 is 0 Å². The lowest BCUT2D eigenvalue weighted by Crippen LogP contribution is -2.33. The van der Waals surface area contributed by atoms with Crippen LogP contribution in [0.1, 0.15) is 122 Å². The van der Waals surface area contributed by atoms with Crippen LogP contribution in [0.4, 0.5) is 0 Å². The molecule has 0 saturated carbocycles. The second kappa shape index (κ2) is 20.7. The topological polar surface area (TPSA) is 77.8 Å². The van der Waals surface area contributed by atoms with Crippen LogP contribution >= 0.6 is 0 Å². The summed E-state index contributed by atoms with van der Waals surface area (Å²) in [5.74, 6) is -0.167. The Hall–Kier alpha value is -0.170. The second-order valence-corrected chi connectivity index (χ2v) is 10.6. The van der Waals surface area contributed by atoms with E-state index in [1.54, 1.807) is 0 Å². The molecule has 0 amide bonds. The van der Waals surface area contributed by atoms with Gasteiger partial charge < -0.3 is 10.0 Å². The highest BCUT2D eigenvalue weighted by atomic mass is 32.2. The van der Waals surface area contributed by atoms with Gasteiger partial charge in [-0.15, -0.1) is 0 Å². The molecule has 0 saturated heterocycles.